The van der Waals surface area contributed by atoms with E-state index in [0.717, 1.165) is 16.8 Å². The number of imidazole rings is 1. The minimum atomic E-state index is -3.71. The number of ketones is 1. The molecular weight excluding hydrogens is 420 g/mol. The normalized spacial score (nSPS) is 11.7. The number of aryl methyl sites for hydroxylation is 2. The van der Waals surface area contributed by atoms with Crippen LogP contribution >= 0.6 is 11.6 Å². The van der Waals surface area contributed by atoms with E-state index in [1.54, 1.807) is 67.1 Å². The van der Waals surface area contributed by atoms with Gasteiger partial charge in [0.05, 0.1) is 14.8 Å². The molecule has 0 unspecified atom stereocenters. The molecular formula is C23H19ClN2O3S. The van der Waals surface area contributed by atoms with Gasteiger partial charge in [-0.1, -0.05) is 29.8 Å². The maximum Gasteiger partial charge on any atom is 0.208 e. The van der Waals surface area contributed by atoms with Crippen molar-refractivity contribution in [3.8, 4) is 0 Å². The summed E-state index contributed by atoms with van der Waals surface area (Å²) in [7, 11) is -3.71. The quantitative estimate of drug-likeness (QED) is 0.399. The van der Waals surface area contributed by atoms with Crippen LogP contribution in [0.4, 0.5) is 0 Å². The van der Waals surface area contributed by atoms with Crippen molar-refractivity contribution >= 4 is 32.9 Å². The van der Waals surface area contributed by atoms with Crippen LogP contribution in [-0.4, -0.2) is 23.6 Å². The summed E-state index contributed by atoms with van der Waals surface area (Å²) in [6.07, 6.45) is 6.10. The molecule has 0 saturated carbocycles. The summed E-state index contributed by atoms with van der Waals surface area (Å²) in [5.74, 6) is 0.0221. The zero-order valence-electron chi connectivity index (χ0n) is 16.2. The van der Waals surface area contributed by atoms with Gasteiger partial charge in [0.15, 0.2) is 5.78 Å². The van der Waals surface area contributed by atoms with Gasteiger partial charge in [0.25, 0.3) is 0 Å². The molecule has 2 aromatic heterocycles. The molecule has 0 radical (unpaired) electrons. The fraction of sp³-hybridized carbons (Fsp3) is 0.130. The van der Waals surface area contributed by atoms with Gasteiger partial charge < -0.3 is 4.40 Å². The van der Waals surface area contributed by atoms with E-state index in [0.29, 0.717) is 18.4 Å². The molecule has 0 N–H and O–H groups in total. The van der Waals surface area contributed by atoms with Crippen LogP contribution in [-0.2, 0) is 16.3 Å². The molecule has 4 rings (SSSR count). The Balaban J connectivity index is 1.48. The second kappa shape index (κ2) is 8.05. The smallest absolute Gasteiger partial charge is 0.208 e. The molecule has 0 aliphatic carbocycles. The van der Waals surface area contributed by atoms with Crippen LogP contribution in [0.25, 0.3) is 5.65 Å². The van der Waals surface area contributed by atoms with Crippen LogP contribution in [0.5, 0.6) is 0 Å². The highest BCUT2D eigenvalue weighted by molar-refractivity contribution is 7.91. The molecule has 30 heavy (non-hydrogen) atoms. The first kappa shape index (κ1) is 20.3. The predicted octanol–water partition coefficient (Wildman–Crippen LogP) is 4.94. The molecule has 0 spiro atoms. The van der Waals surface area contributed by atoms with Gasteiger partial charge in [-0.25, -0.2) is 13.4 Å². The molecule has 0 aliphatic rings. The zero-order chi connectivity index (χ0) is 21.3. The van der Waals surface area contributed by atoms with Crippen molar-refractivity contribution < 1.29 is 13.2 Å². The van der Waals surface area contributed by atoms with Crippen LogP contribution < -0.4 is 0 Å². The van der Waals surface area contributed by atoms with Gasteiger partial charge in [-0.2, -0.15) is 0 Å². The van der Waals surface area contributed by atoms with Gasteiger partial charge in [-0.05, 0) is 60.9 Å². The Labute approximate surface area is 179 Å². The summed E-state index contributed by atoms with van der Waals surface area (Å²) in [5.41, 5.74) is 3.12. The Morgan fingerprint density at radius 3 is 2.60 bits per heavy atom. The van der Waals surface area contributed by atoms with E-state index in [4.69, 9.17) is 11.6 Å². The lowest BCUT2D eigenvalue weighted by Gasteiger charge is -2.09. The highest BCUT2D eigenvalue weighted by Gasteiger charge is 2.21. The van der Waals surface area contributed by atoms with E-state index >= 15 is 0 Å². The number of Topliss-reactive ketones (excluding diaryl/α,β-unsaturated/α-hetero) is 1. The molecule has 4 aromatic rings. The Hall–Kier alpha value is -2.96. The SMILES string of the molecule is Cc1ccc(Cl)c(S(=O)(=O)c2ccc(CCC(=O)c3ccc4nccn4c3)cc2)c1. The van der Waals surface area contributed by atoms with E-state index < -0.39 is 9.84 Å². The first-order chi connectivity index (χ1) is 14.3. The molecule has 152 valence electrons. The number of hydrogen-bond acceptors (Lipinski definition) is 4. The Morgan fingerprint density at radius 2 is 1.83 bits per heavy atom. The number of nitrogens with zero attached hydrogens (tertiary/aromatic N) is 2. The van der Waals surface area contributed by atoms with Crippen LogP contribution in [0.1, 0.15) is 27.9 Å². The number of carbonyl (C=O) groups is 1. The number of rotatable bonds is 6. The molecule has 0 fully saturated rings. The first-order valence-electron chi connectivity index (χ1n) is 9.41. The standard InChI is InChI=1S/C23H19ClN2O3S/c1-16-2-9-20(24)22(14-16)30(28,29)19-7-3-17(4-8-19)5-10-21(27)18-6-11-23-25-12-13-26(23)15-18/h2-4,6-9,11-15H,5,10H2,1H3. The minimum absolute atomic E-state index is 0.0221. The maximum absolute atomic E-state index is 12.9. The molecule has 2 heterocycles. The summed E-state index contributed by atoms with van der Waals surface area (Å²) in [6, 6.07) is 15.1. The lowest BCUT2D eigenvalue weighted by molar-refractivity contribution is 0.0982. The van der Waals surface area contributed by atoms with Gasteiger partial charge >= 0.3 is 0 Å². The number of hydrogen-bond donors (Lipinski definition) is 0. The first-order valence-corrected chi connectivity index (χ1v) is 11.3. The van der Waals surface area contributed by atoms with Crippen molar-refractivity contribution in [1.29, 1.82) is 0 Å². The minimum Gasteiger partial charge on any atom is -0.306 e. The second-order valence-electron chi connectivity index (χ2n) is 7.11. The summed E-state index contributed by atoms with van der Waals surface area (Å²) in [6.45, 7) is 1.82. The van der Waals surface area contributed by atoms with Crippen molar-refractivity contribution in [2.45, 2.75) is 29.6 Å². The van der Waals surface area contributed by atoms with Crippen LogP contribution in [0.15, 0.2) is 83.0 Å². The molecule has 7 heteroatoms. The van der Waals surface area contributed by atoms with Gasteiger partial charge in [0.2, 0.25) is 9.84 Å². The summed E-state index contributed by atoms with van der Waals surface area (Å²) in [4.78, 5) is 17.0. The van der Waals surface area contributed by atoms with Crippen LogP contribution in [0.3, 0.4) is 0 Å². The topological polar surface area (TPSA) is 68.5 Å². The van der Waals surface area contributed by atoms with Crippen molar-refractivity contribution in [2.75, 3.05) is 0 Å². The predicted molar refractivity (Wildman–Crippen MR) is 116 cm³/mol. The highest BCUT2D eigenvalue weighted by atomic mass is 35.5. The molecule has 2 aromatic carbocycles. The van der Waals surface area contributed by atoms with Gasteiger partial charge in [0.1, 0.15) is 5.65 Å². The fourth-order valence-corrected chi connectivity index (χ4v) is 5.10. The monoisotopic (exact) mass is 438 g/mol. The molecule has 0 saturated heterocycles. The van der Waals surface area contributed by atoms with Crippen molar-refractivity contribution in [1.82, 2.24) is 9.38 Å². The zero-order valence-corrected chi connectivity index (χ0v) is 17.8. The fourth-order valence-electron chi connectivity index (χ4n) is 3.27. The lowest BCUT2D eigenvalue weighted by atomic mass is 10.0. The lowest BCUT2D eigenvalue weighted by Crippen LogP contribution is -2.05. The average Bonchev–Trinajstić information content (AvgIpc) is 3.22. The number of benzene rings is 2. The molecule has 0 aliphatic heterocycles. The second-order valence-corrected chi connectivity index (χ2v) is 9.44. The summed E-state index contributed by atoms with van der Waals surface area (Å²) >= 11 is 6.11. The number of fused-ring (bicyclic) bond motifs is 1. The van der Waals surface area contributed by atoms with E-state index in [1.165, 1.54) is 0 Å². The highest BCUT2D eigenvalue weighted by Crippen LogP contribution is 2.28. The van der Waals surface area contributed by atoms with E-state index in [-0.39, 0.29) is 20.6 Å². The number of aromatic nitrogens is 2. The number of sulfone groups is 1. The summed E-state index contributed by atoms with van der Waals surface area (Å²) < 4.78 is 27.6. The average molecular weight is 439 g/mol. The third-order valence-electron chi connectivity index (χ3n) is 4.96. The van der Waals surface area contributed by atoms with Crippen molar-refractivity contribution in [3.63, 3.8) is 0 Å². The van der Waals surface area contributed by atoms with E-state index in [9.17, 15) is 13.2 Å². The number of halogens is 1. The largest absolute Gasteiger partial charge is 0.306 e. The molecule has 0 amide bonds. The number of pyridine rings is 1. The van der Waals surface area contributed by atoms with E-state index in [1.807, 2.05) is 17.4 Å². The third kappa shape index (κ3) is 4.01. The van der Waals surface area contributed by atoms with Crippen LogP contribution in [0, 0.1) is 6.92 Å². The van der Waals surface area contributed by atoms with E-state index in [2.05, 4.69) is 4.98 Å². The Morgan fingerprint density at radius 1 is 1.07 bits per heavy atom. The van der Waals surface area contributed by atoms with Gasteiger partial charge in [-0.15, -0.1) is 0 Å². The molecule has 0 atom stereocenters. The van der Waals surface area contributed by atoms with Gasteiger partial charge in [-0.3, -0.25) is 4.79 Å². The van der Waals surface area contributed by atoms with Gasteiger partial charge in [0, 0.05) is 30.6 Å². The van der Waals surface area contributed by atoms with Crippen LogP contribution in [0.2, 0.25) is 5.02 Å². The summed E-state index contributed by atoms with van der Waals surface area (Å²) in [5, 5.41) is 0.199. The molecule has 0 bridgehead atoms. The Bertz CT molecular complexity index is 1340. The maximum atomic E-state index is 12.9. The molecule has 5 nitrogen and oxygen atoms in total. The Kier molecular flexibility index (Phi) is 5.45. The number of carbonyl (C=O) groups excluding carboxylic acids is 1. The van der Waals surface area contributed by atoms with Crippen molar-refractivity contribution in [3.05, 3.63) is 94.9 Å². The van der Waals surface area contributed by atoms with Crippen molar-refractivity contribution in [2.24, 2.45) is 0 Å². The third-order valence-corrected chi connectivity index (χ3v) is 7.21.